The third-order valence-electron chi connectivity index (χ3n) is 5.95. The predicted octanol–water partition coefficient (Wildman–Crippen LogP) is 8.16. The van der Waals surface area contributed by atoms with Crippen LogP contribution < -0.4 is 5.01 Å². The lowest BCUT2D eigenvalue weighted by Crippen LogP contribution is -2.22. The molecule has 0 saturated heterocycles. The summed E-state index contributed by atoms with van der Waals surface area (Å²) in [5.41, 5.74) is 3.59. The zero-order valence-electron chi connectivity index (χ0n) is 18.2. The van der Waals surface area contributed by atoms with Gasteiger partial charge in [-0.15, -0.1) is 11.3 Å². The summed E-state index contributed by atoms with van der Waals surface area (Å²) in [6.45, 7) is 0. The molecule has 0 saturated carbocycles. The van der Waals surface area contributed by atoms with Crippen LogP contribution in [0, 0.1) is 5.82 Å². The molecule has 1 atom stereocenters. The van der Waals surface area contributed by atoms with Crippen molar-refractivity contribution in [1.29, 1.82) is 0 Å². The van der Waals surface area contributed by atoms with Gasteiger partial charge in [0.05, 0.1) is 27.8 Å². The van der Waals surface area contributed by atoms with E-state index in [2.05, 4.69) is 0 Å². The maximum absolute atomic E-state index is 15.1. The van der Waals surface area contributed by atoms with Crippen LogP contribution >= 0.6 is 34.5 Å². The first-order valence-electron chi connectivity index (χ1n) is 11.0. The van der Waals surface area contributed by atoms with E-state index in [0.29, 0.717) is 28.0 Å². The lowest BCUT2D eigenvalue weighted by Gasteiger charge is -2.24. The normalized spacial score (nSPS) is 15.6. The number of hydrazone groups is 1. The summed E-state index contributed by atoms with van der Waals surface area (Å²) in [5, 5.41) is 10.3. The zero-order valence-corrected chi connectivity index (χ0v) is 20.5. The van der Waals surface area contributed by atoms with Gasteiger partial charge >= 0.3 is 0 Å². The highest BCUT2D eigenvalue weighted by Gasteiger charge is 2.35. The molecule has 0 radical (unpaired) electrons. The van der Waals surface area contributed by atoms with Gasteiger partial charge in [-0.25, -0.2) is 19.4 Å². The predicted molar refractivity (Wildman–Crippen MR) is 142 cm³/mol. The zero-order chi connectivity index (χ0) is 23.9. The van der Waals surface area contributed by atoms with E-state index in [9.17, 15) is 0 Å². The van der Waals surface area contributed by atoms with Crippen molar-refractivity contribution >= 4 is 57.1 Å². The first-order chi connectivity index (χ1) is 17.1. The number of hydrogen-bond donors (Lipinski definition) is 0. The van der Waals surface area contributed by atoms with Crippen molar-refractivity contribution in [2.75, 3.05) is 5.01 Å². The van der Waals surface area contributed by atoms with Gasteiger partial charge in [0.1, 0.15) is 5.82 Å². The standard InChI is InChI=1S/C27H17Cl2FN4S/c28-17-11-12-21-18(14-17)26(16-6-2-1-3-7-16)32-27(31-21)34-23(25-19(29)8-4-9-20(25)30)15-22(33-34)24-10-5-13-35-24/h1-14,23H,15H2/t23-/m0/s1. The van der Waals surface area contributed by atoms with E-state index < -0.39 is 6.04 Å². The van der Waals surface area contributed by atoms with Crippen LogP contribution in [0.5, 0.6) is 0 Å². The molecular formula is C27H17Cl2FN4S. The molecule has 0 aliphatic carbocycles. The highest BCUT2D eigenvalue weighted by atomic mass is 35.5. The van der Waals surface area contributed by atoms with E-state index in [1.54, 1.807) is 34.5 Å². The molecular weight excluding hydrogens is 502 g/mol. The molecule has 3 heterocycles. The summed E-state index contributed by atoms with van der Waals surface area (Å²) in [7, 11) is 0. The Balaban J connectivity index is 1.57. The van der Waals surface area contributed by atoms with Crippen molar-refractivity contribution in [1.82, 2.24) is 9.97 Å². The van der Waals surface area contributed by atoms with E-state index in [1.165, 1.54) is 6.07 Å². The number of nitrogens with zero attached hydrogens (tertiary/aromatic N) is 4. The number of aromatic nitrogens is 2. The van der Waals surface area contributed by atoms with Gasteiger partial charge in [-0.1, -0.05) is 65.7 Å². The van der Waals surface area contributed by atoms with Crippen molar-refractivity contribution in [2.45, 2.75) is 12.5 Å². The van der Waals surface area contributed by atoms with E-state index in [1.807, 2.05) is 60.0 Å². The van der Waals surface area contributed by atoms with Gasteiger partial charge in [-0.05, 0) is 41.8 Å². The molecule has 6 rings (SSSR count). The summed E-state index contributed by atoms with van der Waals surface area (Å²) < 4.78 is 15.1. The molecule has 35 heavy (non-hydrogen) atoms. The van der Waals surface area contributed by atoms with E-state index >= 15 is 4.39 Å². The molecule has 5 aromatic rings. The van der Waals surface area contributed by atoms with Gasteiger partial charge in [-0.2, -0.15) is 5.10 Å². The number of thiophene rings is 1. The quantitative estimate of drug-likeness (QED) is 0.241. The second-order valence-electron chi connectivity index (χ2n) is 8.12. The first kappa shape index (κ1) is 22.2. The molecule has 0 unspecified atom stereocenters. The SMILES string of the molecule is Fc1cccc(Cl)c1[C@@H]1CC(c2cccs2)=NN1c1nc(-c2ccccc2)c2cc(Cl)ccc2n1. The minimum absolute atomic E-state index is 0.346. The Hall–Kier alpha value is -3.32. The number of anilines is 1. The third-order valence-corrected chi connectivity index (χ3v) is 7.43. The molecule has 3 aromatic carbocycles. The Morgan fingerprint density at radius 1 is 0.914 bits per heavy atom. The van der Waals surface area contributed by atoms with Crippen LogP contribution in [-0.4, -0.2) is 15.7 Å². The lowest BCUT2D eigenvalue weighted by molar-refractivity contribution is 0.576. The lowest BCUT2D eigenvalue weighted by atomic mass is 10.0. The first-order valence-corrected chi connectivity index (χ1v) is 12.6. The highest BCUT2D eigenvalue weighted by molar-refractivity contribution is 7.12. The van der Waals surface area contributed by atoms with Crippen molar-refractivity contribution < 1.29 is 4.39 Å². The third kappa shape index (κ3) is 4.08. The molecule has 1 aliphatic rings. The largest absolute Gasteiger partial charge is 0.247 e. The van der Waals surface area contributed by atoms with Gasteiger partial charge < -0.3 is 0 Å². The minimum atomic E-state index is -0.492. The van der Waals surface area contributed by atoms with Crippen molar-refractivity contribution in [3.63, 3.8) is 0 Å². The summed E-state index contributed by atoms with van der Waals surface area (Å²) in [5.74, 6) is -0.0134. The summed E-state index contributed by atoms with van der Waals surface area (Å²) in [6, 6.07) is 23.6. The van der Waals surface area contributed by atoms with Gasteiger partial charge in [0, 0.05) is 33.0 Å². The average Bonchev–Trinajstić information content (AvgIpc) is 3.55. The molecule has 0 N–H and O–H groups in total. The molecule has 0 bridgehead atoms. The van der Waals surface area contributed by atoms with Crippen LogP contribution in [0.1, 0.15) is 22.9 Å². The second-order valence-corrected chi connectivity index (χ2v) is 9.91. The van der Waals surface area contributed by atoms with Gasteiger partial charge in [0.15, 0.2) is 0 Å². The smallest absolute Gasteiger partial charge is 0.223 e. The molecule has 4 nitrogen and oxygen atoms in total. The molecule has 2 aromatic heterocycles. The fourth-order valence-corrected chi connectivity index (χ4v) is 5.53. The molecule has 172 valence electrons. The molecule has 1 aliphatic heterocycles. The maximum atomic E-state index is 15.1. The molecule has 0 fully saturated rings. The number of fused-ring (bicyclic) bond motifs is 1. The van der Waals surface area contributed by atoms with Crippen LogP contribution in [-0.2, 0) is 0 Å². The van der Waals surface area contributed by atoms with Crippen molar-refractivity contribution in [3.8, 4) is 11.3 Å². The number of rotatable bonds is 4. The van der Waals surface area contributed by atoms with Crippen LogP contribution in [0.4, 0.5) is 10.3 Å². The van der Waals surface area contributed by atoms with Crippen LogP contribution in [0.3, 0.4) is 0 Å². The van der Waals surface area contributed by atoms with Gasteiger partial charge in [0.25, 0.3) is 0 Å². The van der Waals surface area contributed by atoms with Crippen LogP contribution in [0.2, 0.25) is 10.0 Å². The van der Waals surface area contributed by atoms with Crippen molar-refractivity contribution in [2.24, 2.45) is 5.10 Å². The summed E-state index contributed by atoms with van der Waals surface area (Å²) >= 11 is 14.4. The Kier molecular flexibility index (Phi) is 5.72. The van der Waals surface area contributed by atoms with Gasteiger partial charge in [0.2, 0.25) is 5.95 Å². The van der Waals surface area contributed by atoms with Crippen LogP contribution in [0.25, 0.3) is 22.2 Å². The summed E-state index contributed by atoms with van der Waals surface area (Å²) in [6.07, 6.45) is 0.476. The van der Waals surface area contributed by atoms with Crippen molar-refractivity contribution in [3.05, 3.63) is 111 Å². The summed E-state index contributed by atoms with van der Waals surface area (Å²) in [4.78, 5) is 10.8. The maximum Gasteiger partial charge on any atom is 0.247 e. The highest BCUT2D eigenvalue weighted by Crippen LogP contribution is 2.41. The molecule has 0 amide bonds. The second kappa shape index (κ2) is 9.04. The topological polar surface area (TPSA) is 41.4 Å². The number of benzene rings is 3. The van der Waals surface area contributed by atoms with E-state index in [4.69, 9.17) is 38.3 Å². The molecule has 0 spiro atoms. The monoisotopic (exact) mass is 518 g/mol. The van der Waals surface area contributed by atoms with E-state index in [-0.39, 0.29) is 5.82 Å². The Morgan fingerprint density at radius 3 is 2.54 bits per heavy atom. The fraction of sp³-hybridized carbons (Fsp3) is 0.0741. The average molecular weight is 519 g/mol. The Morgan fingerprint density at radius 2 is 1.77 bits per heavy atom. The van der Waals surface area contributed by atoms with E-state index in [0.717, 1.165) is 32.7 Å². The Labute approximate surface area is 215 Å². The van der Waals surface area contributed by atoms with Crippen LogP contribution in [0.15, 0.2) is 89.3 Å². The molecule has 8 heteroatoms. The van der Waals surface area contributed by atoms with Gasteiger partial charge in [-0.3, -0.25) is 0 Å². The Bertz CT molecular complexity index is 1550. The number of halogens is 3. The fourth-order valence-electron chi connectivity index (χ4n) is 4.35. The minimum Gasteiger partial charge on any atom is -0.223 e. The number of hydrogen-bond acceptors (Lipinski definition) is 5.